The zero-order valence-electron chi connectivity index (χ0n) is 23.3. The van der Waals surface area contributed by atoms with Gasteiger partial charge in [-0.1, -0.05) is 30.3 Å². The van der Waals surface area contributed by atoms with Gasteiger partial charge in [0.15, 0.2) is 0 Å². The lowest BCUT2D eigenvalue weighted by atomic mass is 10.0. The van der Waals surface area contributed by atoms with Crippen molar-refractivity contribution in [3.8, 4) is 5.75 Å². The van der Waals surface area contributed by atoms with Crippen LogP contribution in [0.3, 0.4) is 0 Å². The molecule has 10 N–H and O–H groups in total. The van der Waals surface area contributed by atoms with E-state index in [1.807, 2.05) is 18.2 Å². The first-order valence-corrected chi connectivity index (χ1v) is 13.5. The summed E-state index contributed by atoms with van der Waals surface area (Å²) in [6.07, 6.45) is -0.705. The van der Waals surface area contributed by atoms with Gasteiger partial charge in [0.2, 0.25) is 17.7 Å². The number of aromatic nitrogens is 1. The predicted octanol–water partition coefficient (Wildman–Crippen LogP) is -0.229. The number of nitrogens with two attached hydrogens (primary N) is 1. The highest BCUT2D eigenvalue weighted by molar-refractivity contribution is 5.95. The van der Waals surface area contributed by atoms with Gasteiger partial charge in [0.1, 0.15) is 23.9 Å². The molecule has 43 heavy (non-hydrogen) atoms. The molecule has 3 aromatic rings. The molecule has 3 rings (SSSR count). The molecule has 5 unspecified atom stereocenters. The molecule has 3 amide bonds. The van der Waals surface area contributed by atoms with Gasteiger partial charge in [-0.15, -0.1) is 0 Å². The van der Waals surface area contributed by atoms with Crippen LogP contribution in [-0.2, 0) is 36.8 Å². The van der Waals surface area contributed by atoms with E-state index in [2.05, 4.69) is 20.9 Å². The van der Waals surface area contributed by atoms with E-state index in [9.17, 15) is 39.3 Å². The third-order valence-electron chi connectivity index (χ3n) is 6.78. The van der Waals surface area contributed by atoms with Crippen LogP contribution in [0.25, 0.3) is 10.9 Å². The number of amides is 3. The highest BCUT2D eigenvalue weighted by Gasteiger charge is 2.33. The Kier molecular flexibility index (Phi) is 11.2. The number of aliphatic hydroxyl groups excluding tert-OH is 1. The lowest BCUT2D eigenvalue weighted by molar-refractivity contribution is -0.144. The number of hydrogen-bond acceptors (Lipinski definition) is 8. The van der Waals surface area contributed by atoms with Crippen LogP contribution in [0.15, 0.2) is 54.7 Å². The number of aliphatic hydroxyl groups is 1. The number of hydrogen-bond donors (Lipinski definition) is 9. The molecule has 0 aliphatic carbocycles. The summed E-state index contributed by atoms with van der Waals surface area (Å²) < 4.78 is 0. The number of rotatable bonds is 15. The molecule has 0 saturated carbocycles. The Morgan fingerprint density at radius 1 is 0.860 bits per heavy atom. The molecule has 1 heterocycles. The minimum Gasteiger partial charge on any atom is -0.508 e. The van der Waals surface area contributed by atoms with Crippen molar-refractivity contribution in [1.29, 1.82) is 0 Å². The van der Waals surface area contributed by atoms with Crippen LogP contribution >= 0.6 is 0 Å². The maximum absolute atomic E-state index is 13.5. The maximum Gasteiger partial charge on any atom is 0.326 e. The number of fused-ring (bicyclic) bond motifs is 1. The number of aromatic amines is 1. The highest BCUT2D eigenvalue weighted by Crippen LogP contribution is 2.19. The van der Waals surface area contributed by atoms with E-state index in [4.69, 9.17) is 10.8 Å². The van der Waals surface area contributed by atoms with E-state index in [0.29, 0.717) is 11.1 Å². The lowest BCUT2D eigenvalue weighted by Crippen LogP contribution is -2.60. The molecule has 0 aliphatic heterocycles. The molecular weight excluding hydrogens is 562 g/mol. The summed E-state index contributed by atoms with van der Waals surface area (Å²) in [4.78, 5) is 65.1. The lowest BCUT2D eigenvalue weighted by Gasteiger charge is -2.26. The number of carbonyl (C=O) groups excluding carboxylic acids is 3. The molecule has 0 spiro atoms. The summed E-state index contributed by atoms with van der Waals surface area (Å²) in [6.45, 7) is 1.21. The summed E-state index contributed by atoms with van der Waals surface area (Å²) in [5, 5.41) is 46.0. The van der Waals surface area contributed by atoms with Gasteiger partial charge in [0.05, 0.1) is 12.1 Å². The van der Waals surface area contributed by atoms with Gasteiger partial charge in [-0.3, -0.25) is 19.2 Å². The van der Waals surface area contributed by atoms with Crippen molar-refractivity contribution >= 4 is 40.6 Å². The minimum atomic E-state index is -1.63. The number of phenols is 1. The Bertz CT molecular complexity index is 1450. The molecule has 0 saturated heterocycles. The number of aromatic hydroxyl groups is 1. The topological polar surface area (TPSA) is 244 Å². The van der Waals surface area contributed by atoms with Crippen LogP contribution in [0.1, 0.15) is 30.9 Å². The Balaban J connectivity index is 1.81. The van der Waals surface area contributed by atoms with Crippen LogP contribution in [0.2, 0.25) is 0 Å². The molecule has 14 heteroatoms. The predicted molar refractivity (Wildman–Crippen MR) is 154 cm³/mol. The molecule has 1 aromatic heterocycles. The first kappa shape index (κ1) is 32.6. The number of H-pyrrole nitrogens is 1. The Labute approximate surface area is 246 Å². The number of carboxylic acids is 2. The summed E-state index contributed by atoms with van der Waals surface area (Å²) in [5.41, 5.74) is 8.24. The number of carbonyl (C=O) groups is 5. The summed E-state index contributed by atoms with van der Waals surface area (Å²) in [5.74, 6) is -5.29. The van der Waals surface area contributed by atoms with Gasteiger partial charge in [0.25, 0.3) is 0 Å². The molecule has 0 bridgehead atoms. The third-order valence-corrected chi connectivity index (χ3v) is 6.78. The van der Waals surface area contributed by atoms with Crippen LogP contribution in [0, 0.1) is 0 Å². The molecule has 0 fully saturated rings. The maximum atomic E-state index is 13.5. The van der Waals surface area contributed by atoms with Crippen molar-refractivity contribution in [3.05, 3.63) is 65.9 Å². The van der Waals surface area contributed by atoms with E-state index in [0.717, 1.165) is 10.9 Å². The van der Waals surface area contributed by atoms with Crippen molar-refractivity contribution in [3.63, 3.8) is 0 Å². The van der Waals surface area contributed by atoms with E-state index in [-0.39, 0.29) is 18.6 Å². The Hall–Kier alpha value is -4.95. The van der Waals surface area contributed by atoms with Crippen molar-refractivity contribution in [1.82, 2.24) is 20.9 Å². The quantitative estimate of drug-likeness (QED) is 0.111. The summed E-state index contributed by atoms with van der Waals surface area (Å²) >= 11 is 0. The number of benzene rings is 2. The monoisotopic (exact) mass is 597 g/mol. The van der Waals surface area contributed by atoms with E-state index >= 15 is 0 Å². The minimum absolute atomic E-state index is 0.0297. The second kappa shape index (κ2) is 14.8. The Morgan fingerprint density at radius 2 is 1.51 bits per heavy atom. The highest BCUT2D eigenvalue weighted by atomic mass is 16.4. The molecule has 14 nitrogen and oxygen atoms in total. The average Bonchev–Trinajstić information content (AvgIpc) is 3.36. The largest absolute Gasteiger partial charge is 0.508 e. The van der Waals surface area contributed by atoms with Crippen molar-refractivity contribution < 1.29 is 44.4 Å². The summed E-state index contributed by atoms with van der Waals surface area (Å²) in [7, 11) is 0. The molecule has 2 aromatic carbocycles. The molecular formula is C29H35N5O9. The van der Waals surface area contributed by atoms with E-state index in [1.54, 1.807) is 24.4 Å². The second-order valence-electron chi connectivity index (χ2n) is 10.2. The molecule has 230 valence electrons. The van der Waals surface area contributed by atoms with Crippen LogP contribution in [-0.4, -0.2) is 85.3 Å². The first-order chi connectivity index (χ1) is 20.3. The smallest absolute Gasteiger partial charge is 0.326 e. The standard InChI is InChI=1S/C29H35N5O9/c1-15(35)25(28(41)32-22(29(42)43)10-11-24(37)38)34-27(40)23(13-17-14-31-21-5-3-2-4-19(17)21)33-26(39)20(30)12-16-6-8-18(36)9-7-16/h2-9,14-15,20,22-23,25,31,35-36H,10-13,30H2,1H3,(H,32,41)(H,33,39)(H,34,40)(H,37,38)(H,42,43). The number of aliphatic carboxylic acids is 2. The molecule has 5 atom stereocenters. The number of para-hydroxylation sites is 1. The number of nitrogens with one attached hydrogen (secondary N) is 4. The first-order valence-electron chi connectivity index (χ1n) is 13.5. The van der Waals surface area contributed by atoms with Crippen LogP contribution in [0.5, 0.6) is 5.75 Å². The summed E-state index contributed by atoms with van der Waals surface area (Å²) in [6, 6.07) is 7.82. The molecule has 0 radical (unpaired) electrons. The normalized spacial score (nSPS) is 14.6. The van der Waals surface area contributed by atoms with Crippen LogP contribution < -0.4 is 21.7 Å². The van der Waals surface area contributed by atoms with E-state index < -0.39 is 72.8 Å². The molecule has 0 aliphatic rings. The van der Waals surface area contributed by atoms with Gasteiger partial charge >= 0.3 is 11.9 Å². The zero-order chi connectivity index (χ0) is 31.7. The average molecular weight is 598 g/mol. The van der Waals surface area contributed by atoms with Crippen molar-refractivity contribution in [2.45, 2.75) is 62.9 Å². The SMILES string of the molecule is CC(O)C(NC(=O)C(Cc1c[nH]c2ccccc12)NC(=O)C(N)Cc1ccc(O)cc1)C(=O)NC(CCC(=O)O)C(=O)O. The fourth-order valence-corrected chi connectivity index (χ4v) is 4.43. The number of carboxylic acid groups (broad SMARTS) is 2. The fourth-order valence-electron chi connectivity index (χ4n) is 4.43. The van der Waals surface area contributed by atoms with Gasteiger partial charge in [-0.05, 0) is 49.1 Å². The van der Waals surface area contributed by atoms with Crippen molar-refractivity contribution in [2.75, 3.05) is 0 Å². The van der Waals surface area contributed by atoms with Crippen molar-refractivity contribution in [2.24, 2.45) is 5.73 Å². The van der Waals surface area contributed by atoms with Gasteiger partial charge in [-0.2, -0.15) is 0 Å². The second-order valence-corrected chi connectivity index (χ2v) is 10.2. The third kappa shape index (κ3) is 9.28. The van der Waals surface area contributed by atoms with E-state index in [1.165, 1.54) is 19.1 Å². The fraction of sp³-hybridized carbons (Fsp3) is 0.345. The van der Waals surface area contributed by atoms with Gasteiger partial charge in [0, 0.05) is 29.9 Å². The number of phenolic OH excluding ortho intramolecular Hbond substituents is 1. The van der Waals surface area contributed by atoms with Crippen LogP contribution in [0.4, 0.5) is 0 Å². The Morgan fingerprint density at radius 3 is 2.14 bits per heavy atom. The van der Waals surface area contributed by atoms with Gasteiger partial charge in [-0.25, -0.2) is 4.79 Å². The van der Waals surface area contributed by atoms with Gasteiger partial charge < -0.3 is 47.1 Å². The zero-order valence-corrected chi connectivity index (χ0v) is 23.3.